The number of carbonyl (C=O) groups is 2. The average Bonchev–Trinajstić information content (AvgIpc) is 3.20. The first-order chi connectivity index (χ1) is 16.2. The van der Waals surface area contributed by atoms with E-state index in [1.807, 2.05) is 19.9 Å². The average molecular weight is 463 g/mol. The molecule has 0 radical (unpaired) electrons. The predicted octanol–water partition coefficient (Wildman–Crippen LogP) is 4.15. The number of rotatable bonds is 5. The summed E-state index contributed by atoms with van der Waals surface area (Å²) < 4.78 is 29.9. The fraction of sp³-hybridized carbons (Fsp3) is 0.280. The molecule has 3 aromatic rings. The molecule has 1 N–H and O–H groups in total. The molecule has 0 fully saturated rings. The van der Waals surface area contributed by atoms with Crippen molar-refractivity contribution in [2.75, 3.05) is 11.9 Å². The van der Waals surface area contributed by atoms with Crippen LogP contribution >= 0.6 is 0 Å². The van der Waals surface area contributed by atoms with E-state index in [1.54, 1.807) is 29.0 Å². The number of anilines is 1. The molecule has 4 rings (SSSR count). The Hall–Kier alpha value is -4.06. The zero-order valence-electron chi connectivity index (χ0n) is 18.9. The second kappa shape index (κ2) is 9.06. The van der Waals surface area contributed by atoms with Crippen molar-refractivity contribution in [2.24, 2.45) is 13.0 Å². The number of nitriles is 1. The third-order valence-electron chi connectivity index (χ3n) is 5.70. The summed E-state index contributed by atoms with van der Waals surface area (Å²) in [5.74, 6) is -3.03. The van der Waals surface area contributed by atoms with E-state index in [0.29, 0.717) is 12.1 Å². The molecular formula is C25H23F2N5O2. The van der Waals surface area contributed by atoms with Crippen molar-refractivity contribution in [3.63, 3.8) is 0 Å². The Morgan fingerprint density at radius 3 is 2.62 bits per heavy atom. The van der Waals surface area contributed by atoms with Crippen molar-refractivity contribution in [1.82, 2.24) is 14.7 Å². The van der Waals surface area contributed by atoms with Gasteiger partial charge in [-0.25, -0.2) is 8.78 Å². The predicted molar refractivity (Wildman–Crippen MR) is 121 cm³/mol. The highest BCUT2D eigenvalue weighted by atomic mass is 19.1. The van der Waals surface area contributed by atoms with Crippen LogP contribution in [0.15, 0.2) is 48.8 Å². The van der Waals surface area contributed by atoms with Gasteiger partial charge in [0.1, 0.15) is 11.6 Å². The summed E-state index contributed by atoms with van der Waals surface area (Å²) >= 11 is 0. The Morgan fingerprint density at radius 1 is 1.21 bits per heavy atom. The summed E-state index contributed by atoms with van der Waals surface area (Å²) in [6, 6.07) is 8.37. The van der Waals surface area contributed by atoms with E-state index in [9.17, 15) is 18.4 Å². The lowest BCUT2D eigenvalue weighted by atomic mass is 9.79. The number of hydrogen-bond donors (Lipinski definition) is 1. The maximum absolute atomic E-state index is 14.3. The van der Waals surface area contributed by atoms with Gasteiger partial charge in [0.05, 0.1) is 29.8 Å². The molecule has 0 unspecified atom stereocenters. The normalized spacial score (nSPS) is 17.4. The lowest BCUT2D eigenvalue weighted by Crippen LogP contribution is -2.47. The van der Waals surface area contributed by atoms with Gasteiger partial charge in [0.2, 0.25) is 5.91 Å². The number of carbonyl (C=O) groups excluding carboxylic acids is 2. The van der Waals surface area contributed by atoms with E-state index >= 15 is 0 Å². The molecule has 0 saturated carbocycles. The van der Waals surface area contributed by atoms with E-state index in [1.165, 1.54) is 24.3 Å². The number of aromatic nitrogens is 2. The van der Waals surface area contributed by atoms with E-state index in [2.05, 4.69) is 10.4 Å². The molecule has 2 aromatic carbocycles. The van der Waals surface area contributed by atoms with E-state index < -0.39 is 29.5 Å². The van der Waals surface area contributed by atoms with Gasteiger partial charge < -0.3 is 10.2 Å². The molecule has 0 aliphatic carbocycles. The maximum atomic E-state index is 14.3. The van der Waals surface area contributed by atoms with Gasteiger partial charge in [-0.15, -0.1) is 0 Å². The molecule has 7 nitrogen and oxygen atoms in total. The molecule has 9 heteroatoms. The summed E-state index contributed by atoms with van der Waals surface area (Å²) in [7, 11) is 1.72. The molecule has 1 aliphatic heterocycles. The number of hydrogen-bond acceptors (Lipinski definition) is 4. The van der Waals surface area contributed by atoms with Gasteiger partial charge in [-0.2, -0.15) is 10.4 Å². The Labute approximate surface area is 195 Å². The molecule has 2 amide bonds. The molecule has 0 spiro atoms. The molecule has 174 valence electrons. The number of halogens is 2. The SMILES string of the molecule is CC(C)CN1C(=O)c2ccc(F)cc2[C@H](C(=O)Nc2cc(F)cc(C#N)c2)[C@H]1c1cnn(C)c1. The van der Waals surface area contributed by atoms with Gasteiger partial charge in [-0.1, -0.05) is 13.8 Å². The molecule has 0 bridgehead atoms. The number of aryl methyl sites for hydroxylation is 1. The number of nitrogens with one attached hydrogen (secondary N) is 1. The van der Waals surface area contributed by atoms with Gasteiger partial charge in [-0.3, -0.25) is 14.3 Å². The highest BCUT2D eigenvalue weighted by Gasteiger charge is 2.45. The summed E-state index contributed by atoms with van der Waals surface area (Å²) in [6.07, 6.45) is 3.29. The lowest BCUT2D eigenvalue weighted by molar-refractivity contribution is -0.119. The minimum absolute atomic E-state index is 0.0470. The number of amides is 2. The van der Waals surface area contributed by atoms with Gasteiger partial charge in [0.15, 0.2) is 0 Å². The highest BCUT2D eigenvalue weighted by Crippen LogP contribution is 2.44. The first-order valence-corrected chi connectivity index (χ1v) is 10.8. The monoisotopic (exact) mass is 463 g/mol. The quantitative estimate of drug-likeness (QED) is 0.616. The van der Waals surface area contributed by atoms with Gasteiger partial charge in [0.25, 0.3) is 5.91 Å². The van der Waals surface area contributed by atoms with Crippen LogP contribution in [0.4, 0.5) is 14.5 Å². The van der Waals surface area contributed by atoms with Gasteiger partial charge in [-0.05, 0) is 47.9 Å². The smallest absolute Gasteiger partial charge is 0.254 e. The van der Waals surface area contributed by atoms with Crippen LogP contribution in [-0.4, -0.2) is 33.0 Å². The fourth-order valence-electron chi connectivity index (χ4n) is 4.40. The van der Waals surface area contributed by atoms with Gasteiger partial charge >= 0.3 is 0 Å². The first-order valence-electron chi connectivity index (χ1n) is 10.8. The zero-order chi connectivity index (χ0) is 24.6. The summed E-state index contributed by atoms with van der Waals surface area (Å²) in [6.45, 7) is 4.27. The summed E-state index contributed by atoms with van der Waals surface area (Å²) in [4.78, 5) is 28.8. The first kappa shape index (κ1) is 23.1. The topological polar surface area (TPSA) is 91.0 Å². The van der Waals surface area contributed by atoms with Crippen LogP contribution in [0.5, 0.6) is 0 Å². The second-order valence-electron chi connectivity index (χ2n) is 8.78. The zero-order valence-corrected chi connectivity index (χ0v) is 18.9. The van der Waals surface area contributed by atoms with Gasteiger partial charge in [0, 0.05) is 36.6 Å². The van der Waals surface area contributed by atoms with Crippen molar-refractivity contribution in [1.29, 1.82) is 5.26 Å². The van der Waals surface area contributed by atoms with E-state index in [-0.39, 0.29) is 34.2 Å². The van der Waals surface area contributed by atoms with Crippen LogP contribution in [0.2, 0.25) is 0 Å². The number of benzene rings is 2. The maximum Gasteiger partial charge on any atom is 0.254 e. The third-order valence-corrected chi connectivity index (χ3v) is 5.70. The van der Waals surface area contributed by atoms with Crippen molar-refractivity contribution < 1.29 is 18.4 Å². The minimum Gasteiger partial charge on any atom is -0.330 e. The number of fused-ring (bicyclic) bond motifs is 1. The van der Waals surface area contributed by atoms with Crippen LogP contribution in [0.25, 0.3) is 0 Å². The molecule has 1 aromatic heterocycles. The third kappa shape index (κ3) is 4.39. The van der Waals surface area contributed by atoms with Crippen molar-refractivity contribution in [3.05, 3.63) is 82.7 Å². The summed E-state index contributed by atoms with van der Waals surface area (Å²) in [5.41, 5.74) is 1.23. The Kier molecular flexibility index (Phi) is 6.16. The molecule has 1 aliphatic rings. The Morgan fingerprint density at radius 2 is 1.97 bits per heavy atom. The highest BCUT2D eigenvalue weighted by molar-refractivity contribution is 6.04. The molecule has 2 heterocycles. The fourth-order valence-corrected chi connectivity index (χ4v) is 4.40. The van der Waals surface area contributed by atoms with E-state index in [0.717, 1.165) is 12.1 Å². The summed E-state index contributed by atoms with van der Waals surface area (Å²) in [5, 5.41) is 16.0. The van der Waals surface area contributed by atoms with Crippen molar-refractivity contribution >= 4 is 17.5 Å². The molecule has 0 saturated heterocycles. The van der Waals surface area contributed by atoms with Crippen LogP contribution < -0.4 is 5.32 Å². The van der Waals surface area contributed by atoms with Crippen LogP contribution in [0.3, 0.4) is 0 Å². The van der Waals surface area contributed by atoms with Crippen molar-refractivity contribution in [2.45, 2.75) is 25.8 Å². The standard InChI is InChI=1S/C25H23F2N5O2/c1-14(2)12-32-23(16-11-29-31(3)13-16)22(21-9-17(26)4-5-20(21)25(32)34)24(33)30-19-7-15(10-28)6-18(27)8-19/h4-9,11,13-14,22-23H,12H2,1-3H3,(H,30,33)/t22-,23+/m0/s1. The van der Waals surface area contributed by atoms with Crippen molar-refractivity contribution in [3.8, 4) is 6.07 Å². The molecule has 34 heavy (non-hydrogen) atoms. The minimum atomic E-state index is -1.000. The lowest BCUT2D eigenvalue weighted by Gasteiger charge is -2.42. The molecular weight excluding hydrogens is 440 g/mol. The van der Waals surface area contributed by atoms with Crippen LogP contribution in [0, 0.1) is 28.9 Å². The largest absolute Gasteiger partial charge is 0.330 e. The Bertz CT molecular complexity index is 1310. The Balaban J connectivity index is 1.86. The van der Waals surface area contributed by atoms with Crippen LogP contribution in [0.1, 0.15) is 52.9 Å². The molecule has 2 atom stereocenters. The number of nitrogens with zero attached hydrogens (tertiary/aromatic N) is 4. The second-order valence-corrected chi connectivity index (χ2v) is 8.78. The van der Waals surface area contributed by atoms with E-state index in [4.69, 9.17) is 5.26 Å². The van der Waals surface area contributed by atoms with Crippen LogP contribution in [-0.2, 0) is 11.8 Å².